The van der Waals surface area contributed by atoms with Gasteiger partial charge in [0.15, 0.2) is 0 Å². The Bertz CT molecular complexity index is 310. The summed E-state index contributed by atoms with van der Waals surface area (Å²) in [5, 5.41) is 2.31. The van der Waals surface area contributed by atoms with Gasteiger partial charge in [-0.2, -0.15) is 13.2 Å². The van der Waals surface area contributed by atoms with Crippen molar-refractivity contribution < 1.29 is 17.6 Å². The second-order valence-electron chi connectivity index (χ2n) is 3.27. The fourth-order valence-electron chi connectivity index (χ4n) is 1.14. The normalized spacial score (nSPS) is 13.1. The lowest BCUT2D eigenvalue weighted by Gasteiger charge is -2.15. The van der Waals surface area contributed by atoms with Crippen LogP contribution in [0.25, 0.3) is 0 Å². The summed E-state index contributed by atoms with van der Waals surface area (Å²) in [6.45, 7) is 0.546. The Kier molecular flexibility index (Phi) is 5.75. The molecule has 0 radical (unpaired) electrons. The van der Waals surface area contributed by atoms with Gasteiger partial charge >= 0.3 is 6.18 Å². The molecule has 1 atom stereocenters. The number of nitrogens with one attached hydrogen (secondary N) is 1. The molecule has 0 bridgehead atoms. The maximum absolute atomic E-state index is 12.5. The van der Waals surface area contributed by atoms with Gasteiger partial charge in [0, 0.05) is 6.04 Å². The third kappa shape index (κ3) is 5.32. The van der Waals surface area contributed by atoms with E-state index >= 15 is 0 Å². The zero-order valence-electron chi connectivity index (χ0n) is 8.51. The van der Waals surface area contributed by atoms with Gasteiger partial charge in [0.1, 0.15) is 5.82 Å². The van der Waals surface area contributed by atoms with E-state index in [1.54, 1.807) is 6.92 Å². The maximum atomic E-state index is 12.5. The second kappa shape index (κ2) is 6.06. The Balaban J connectivity index is 0.00000225. The van der Waals surface area contributed by atoms with Gasteiger partial charge in [-0.3, -0.25) is 0 Å². The van der Waals surface area contributed by atoms with Crippen molar-refractivity contribution in [2.45, 2.75) is 19.1 Å². The van der Waals surface area contributed by atoms with Crippen LogP contribution in [0.2, 0.25) is 0 Å². The molecule has 1 rings (SSSR count). The monoisotopic (exact) mass is 257 g/mol. The molecular weight excluding hydrogens is 246 g/mol. The van der Waals surface area contributed by atoms with E-state index < -0.39 is 24.6 Å². The summed E-state index contributed by atoms with van der Waals surface area (Å²) in [6.07, 6.45) is -4.23. The lowest BCUT2D eigenvalue weighted by Crippen LogP contribution is -2.30. The van der Waals surface area contributed by atoms with Crippen molar-refractivity contribution in [1.82, 2.24) is 5.32 Å². The summed E-state index contributed by atoms with van der Waals surface area (Å²) < 4.78 is 48.1. The molecule has 0 amide bonds. The topological polar surface area (TPSA) is 12.0 Å². The van der Waals surface area contributed by atoms with Gasteiger partial charge in [0.05, 0.1) is 6.54 Å². The Hall–Kier alpha value is -0.810. The summed E-state index contributed by atoms with van der Waals surface area (Å²) in [5.74, 6) is -0.401. The molecule has 16 heavy (non-hydrogen) atoms. The van der Waals surface area contributed by atoms with Crippen LogP contribution in [0.3, 0.4) is 0 Å². The van der Waals surface area contributed by atoms with E-state index in [9.17, 15) is 17.6 Å². The van der Waals surface area contributed by atoms with E-state index in [1.165, 1.54) is 24.3 Å². The molecule has 1 aromatic carbocycles. The lowest BCUT2D eigenvalue weighted by atomic mass is 10.1. The molecule has 0 aliphatic rings. The highest BCUT2D eigenvalue weighted by molar-refractivity contribution is 5.85. The summed E-state index contributed by atoms with van der Waals surface area (Å²) in [7, 11) is 0. The van der Waals surface area contributed by atoms with Crippen molar-refractivity contribution in [3.8, 4) is 0 Å². The van der Waals surface area contributed by atoms with Gasteiger partial charge in [-0.05, 0) is 24.6 Å². The first kappa shape index (κ1) is 15.2. The lowest BCUT2D eigenvalue weighted by molar-refractivity contribution is -0.126. The third-order valence-electron chi connectivity index (χ3n) is 1.98. The Morgan fingerprint density at radius 1 is 1.19 bits per heavy atom. The van der Waals surface area contributed by atoms with Gasteiger partial charge in [-0.15, -0.1) is 12.4 Å². The molecule has 0 saturated carbocycles. The van der Waals surface area contributed by atoms with E-state index in [2.05, 4.69) is 5.32 Å². The molecule has 1 nitrogen and oxygen atoms in total. The Labute approximate surface area is 97.3 Å². The standard InChI is InChI=1S/C10H11F4N.ClH/c1-7(15-6-10(12,13)14)8-2-4-9(11)5-3-8;/h2-5,7,15H,6H2,1H3;1H. The molecule has 0 aliphatic carbocycles. The average Bonchev–Trinajstić information content (AvgIpc) is 2.14. The molecule has 92 valence electrons. The fourth-order valence-corrected chi connectivity index (χ4v) is 1.14. The van der Waals surface area contributed by atoms with Crippen molar-refractivity contribution in [2.24, 2.45) is 0 Å². The van der Waals surface area contributed by atoms with E-state index in [0.29, 0.717) is 5.56 Å². The molecule has 0 fully saturated rings. The molecule has 0 spiro atoms. The van der Waals surface area contributed by atoms with Crippen LogP contribution in [-0.4, -0.2) is 12.7 Å². The van der Waals surface area contributed by atoms with Crippen LogP contribution in [0, 0.1) is 5.82 Å². The van der Waals surface area contributed by atoms with E-state index in [0.717, 1.165) is 0 Å². The number of rotatable bonds is 3. The van der Waals surface area contributed by atoms with Crippen molar-refractivity contribution in [3.05, 3.63) is 35.6 Å². The van der Waals surface area contributed by atoms with Crippen LogP contribution >= 0.6 is 12.4 Å². The number of halogens is 5. The maximum Gasteiger partial charge on any atom is 0.401 e. The predicted molar refractivity (Wildman–Crippen MR) is 56.1 cm³/mol. The number of hydrogen-bond donors (Lipinski definition) is 1. The highest BCUT2D eigenvalue weighted by Gasteiger charge is 2.27. The summed E-state index contributed by atoms with van der Waals surface area (Å²) >= 11 is 0. The third-order valence-corrected chi connectivity index (χ3v) is 1.98. The van der Waals surface area contributed by atoms with Crippen LogP contribution < -0.4 is 5.32 Å². The first-order chi connectivity index (χ1) is 6.88. The molecule has 0 heterocycles. The summed E-state index contributed by atoms with van der Waals surface area (Å²) in [6, 6.07) is 4.92. The van der Waals surface area contributed by atoms with E-state index in [4.69, 9.17) is 0 Å². The molecular formula is C10H12ClF4N. The minimum absolute atomic E-state index is 0. The van der Waals surface area contributed by atoms with Gasteiger partial charge in [-0.1, -0.05) is 12.1 Å². The molecule has 0 aromatic heterocycles. The Morgan fingerprint density at radius 2 is 1.69 bits per heavy atom. The number of hydrogen-bond acceptors (Lipinski definition) is 1. The number of benzene rings is 1. The minimum Gasteiger partial charge on any atom is -0.302 e. The van der Waals surface area contributed by atoms with Crippen molar-refractivity contribution in [2.75, 3.05) is 6.54 Å². The van der Waals surface area contributed by atoms with Crippen molar-refractivity contribution in [3.63, 3.8) is 0 Å². The van der Waals surface area contributed by atoms with E-state index in [1.807, 2.05) is 0 Å². The summed E-state index contributed by atoms with van der Waals surface area (Å²) in [4.78, 5) is 0. The molecule has 0 aliphatic heterocycles. The second-order valence-corrected chi connectivity index (χ2v) is 3.27. The fraction of sp³-hybridized carbons (Fsp3) is 0.400. The van der Waals surface area contributed by atoms with Gasteiger partial charge < -0.3 is 5.32 Å². The zero-order valence-corrected chi connectivity index (χ0v) is 9.33. The molecule has 1 unspecified atom stereocenters. The molecule has 1 N–H and O–H groups in total. The highest BCUT2D eigenvalue weighted by Crippen LogP contribution is 2.17. The average molecular weight is 258 g/mol. The van der Waals surface area contributed by atoms with Crippen LogP contribution in [0.4, 0.5) is 17.6 Å². The van der Waals surface area contributed by atoms with E-state index in [-0.39, 0.29) is 12.4 Å². The first-order valence-electron chi connectivity index (χ1n) is 4.44. The minimum atomic E-state index is -4.23. The van der Waals surface area contributed by atoms with Crippen LogP contribution in [-0.2, 0) is 0 Å². The summed E-state index contributed by atoms with van der Waals surface area (Å²) in [5.41, 5.74) is 0.626. The van der Waals surface area contributed by atoms with Crippen LogP contribution in [0.5, 0.6) is 0 Å². The van der Waals surface area contributed by atoms with Crippen LogP contribution in [0.1, 0.15) is 18.5 Å². The highest BCUT2D eigenvalue weighted by atomic mass is 35.5. The molecule has 0 saturated heterocycles. The van der Waals surface area contributed by atoms with Gasteiger partial charge in [0.25, 0.3) is 0 Å². The SMILES string of the molecule is CC(NCC(F)(F)F)c1ccc(F)cc1.Cl. The largest absolute Gasteiger partial charge is 0.401 e. The molecule has 6 heteroatoms. The van der Waals surface area contributed by atoms with Gasteiger partial charge in [0.2, 0.25) is 0 Å². The zero-order chi connectivity index (χ0) is 11.5. The molecule has 1 aromatic rings. The smallest absolute Gasteiger partial charge is 0.302 e. The quantitative estimate of drug-likeness (QED) is 0.818. The van der Waals surface area contributed by atoms with Crippen molar-refractivity contribution >= 4 is 12.4 Å². The van der Waals surface area contributed by atoms with Crippen LogP contribution in [0.15, 0.2) is 24.3 Å². The van der Waals surface area contributed by atoms with Gasteiger partial charge in [-0.25, -0.2) is 4.39 Å². The van der Waals surface area contributed by atoms with Crippen molar-refractivity contribution in [1.29, 1.82) is 0 Å². The number of alkyl halides is 3. The Morgan fingerprint density at radius 3 is 2.12 bits per heavy atom. The first-order valence-corrected chi connectivity index (χ1v) is 4.44. The predicted octanol–water partition coefficient (Wildman–Crippen LogP) is 3.46.